The number of anilines is 1. The van der Waals surface area contributed by atoms with Gasteiger partial charge in [-0.3, -0.25) is 0 Å². The van der Waals surface area contributed by atoms with Gasteiger partial charge < -0.3 is 10.1 Å². The molecule has 0 radical (unpaired) electrons. The molecule has 1 N–H and O–H groups in total. The Labute approximate surface area is 116 Å². The lowest BCUT2D eigenvalue weighted by molar-refractivity contribution is 0.124. The Morgan fingerprint density at radius 3 is 2.68 bits per heavy atom. The van der Waals surface area contributed by atoms with Crippen molar-refractivity contribution in [3.63, 3.8) is 0 Å². The van der Waals surface area contributed by atoms with Crippen molar-refractivity contribution in [3.8, 4) is 0 Å². The minimum absolute atomic E-state index is 0.169. The maximum Gasteiger partial charge on any atom is 0.125 e. The Morgan fingerprint density at radius 1 is 1.32 bits per heavy atom. The molecule has 3 nitrogen and oxygen atoms in total. The molecule has 0 atom stereocenters. The molecule has 1 aliphatic rings. The zero-order chi connectivity index (χ0) is 13.7. The van der Waals surface area contributed by atoms with E-state index < -0.39 is 0 Å². The molecule has 106 valence electrons. The summed E-state index contributed by atoms with van der Waals surface area (Å²) in [5, 5.41) is 3.34. The maximum absolute atomic E-state index is 5.60. The van der Waals surface area contributed by atoms with E-state index in [4.69, 9.17) is 4.74 Å². The van der Waals surface area contributed by atoms with E-state index in [1.807, 2.05) is 6.20 Å². The average Bonchev–Trinajstić information content (AvgIpc) is 3.17. The highest BCUT2D eigenvalue weighted by atomic mass is 16.5. The lowest BCUT2D eigenvalue weighted by Crippen LogP contribution is -2.12. The summed E-state index contributed by atoms with van der Waals surface area (Å²) < 4.78 is 5.60. The molecule has 1 fully saturated rings. The first-order valence-corrected chi connectivity index (χ1v) is 7.34. The monoisotopic (exact) mass is 262 g/mol. The maximum atomic E-state index is 5.60. The third-order valence-corrected chi connectivity index (χ3v) is 3.45. The van der Waals surface area contributed by atoms with Crippen LogP contribution in [-0.4, -0.2) is 24.7 Å². The minimum atomic E-state index is 0.169. The van der Waals surface area contributed by atoms with Crippen molar-refractivity contribution in [1.82, 2.24) is 4.98 Å². The molecule has 0 saturated heterocycles. The molecule has 0 amide bonds. The predicted octanol–water partition coefficient (Wildman–Crippen LogP) is 3.61. The van der Waals surface area contributed by atoms with Crippen molar-refractivity contribution >= 4 is 5.82 Å². The van der Waals surface area contributed by atoms with Crippen LogP contribution in [0.25, 0.3) is 0 Å². The molecule has 0 spiro atoms. The summed E-state index contributed by atoms with van der Waals surface area (Å²) >= 11 is 0. The molecular weight excluding hydrogens is 236 g/mol. The van der Waals surface area contributed by atoms with Crippen LogP contribution in [0.5, 0.6) is 0 Å². The van der Waals surface area contributed by atoms with Gasteiger partial charge in [-0.15, -0.1) is 0 Å². The summed E-state index contributed by atoms with van der Waals surface area (Å²) in [5.74, 6) is 1.81. The standard InChI is InChI=1S/C16H26N2O/c1-16(2,3)14-7-8-15(18-11-14)17-9-4-10-19-12-13-5-6-13/h7-8,11,13H,4-6,9-10,12H2,1-3H3,(H,17,18). The fraction of sp³-hybridized carbons (Fsp3) is 0.688. The molecule has 0 aromatic carbocycles. The van der Waals surface area contributed by atoms with E-state index in [-0.39, 0.29) is 5.41 Å². The second kappa shape index (κ2) is 6.38. The fourth-order valence-electron chi connectivity index (χ4n) is 1.87. The first-order chi connectivity index (χ1) is 9.05. The van der Waals surface area contributed by atoms with Crippen LogP contribution in [0.1, 0.15) is 45.6 Å². The van der Waals surface area contributed by atoms with E-state index in [1.165, 1.54) is 18.4 Å². The van der Waals surface area contributed by atoms with E-state index in [9.17, 15) is 0 Å². The minimum Gasteiger partial charge on any atom is -0.381 e. The number of hydrogen-bond donors (Lipinski definition) is 1. The Hall–Kier alpha value is -1.09. The van der Waals surface area contributed by atoms with Gasteiger partial charge in [0, 0.05) is 26.0 Å². The van der Waals surface area contributed by atoms with Gasteiger partial charge in [-0.2, -0.15) is 0 Å². The largest absolute Gasteiger partial charge is 0.381 e. The van der Waals surface area contributed by atoms with Crippen LogP contribution in [-0.2, 0) is 10.2 Å². The van der Waals surface area contributed by atoms with Crippen molar-refractivity contribution in [1.29, 1.82) is 0 Å². The summed E-state index contributed by atoms with van der Waals surface area (Å²) in [7, 11) is 0. The molecule has 2 rings (SSSR count). The molecule has 1 aromatic heterocycles. The molecule has 1 heterocycles. The highest BCUT2D eigenvalue weighted by Gasteiger charge is 2.20. The predicted molar refractivity (Wildman–Crippen MR) is 79.6 cm³/mol. The van der Waals surface area contributed by atoms with Gasteiger partial charge in [-0.25, -0.2) is 4.98 Å². The van der Waals surface area contributed by atoms with Crippen molar-refractivity contribution in [2.45, 2.75) is 45.4 Å². The number of nitrogens with zero attached hydrogens (tertiary/aromatic N) is 1. The quantitative estimate of drug-likeness (QED) is 0.762. The third kappa shape index (κ3) is 5.19. The van der Waals surface area contributed by atoms with Crippen LogP contribution in [0, 0.1) is 5.92 Å². The van der Waals surface area contributed by atoms with Crippen LogP contribution >= 0.6 is 0 Å². The van der Waals surface area contributed by atoms with E-state index in [0.29, 0.717) is 0 Å². The number of nitrogens with one attached hydrogen (secondary N) is 1. The topological polar surface area (TPSA) is 34.1 Å². The molecule has 0 bridgehead atoms. The zero-order valence-corrected chi connectivity index (χ0v) is 12.4. The van der Waals surface area contributed by atoms with Crippen LogP contribution in [0.4, 0.5) is 5.82 Å². The van der Waals surface area contributed by atoms with Crippen molar-refractivity contribution in [3.05, 3.63) is 23.9 Å². The Kier molecular flexibility index (Phi) is 4.81. The van der Waals surface area contributed by atoms with Gasteiger partial charge >= 0.3 is 0 Å². The summed E-state index contributed by atoms with van der Waals surface area (Å²) in [6, 6.07) is 4.21. The molecule has 3 heteroatoms. The Morgan fingerprint density at radius 2 is 2.11 bits per heavy atom. The SMILES string of the molecule is CC(C)(C)c1ccc(NCCCOCC2CC2)nc1. The van der Waals surface area contributed by atoms with Gasteiger partial charge in [0.1, 0.15) is 5.82 Å². The fourth-order valence-corrected chi connectivity index (χ4v) is 1.87. The number of rotatable bonds is 7. The lowest BCUT2D eigenvalue weighted by Gasteiger charge is -2.18. The smallest absolute Gasteiger partial charge is 0.125 e. The molecule has 0 unspecified atom stereocenters. The third-order valence-electron chi connectivity index (χ3n) is 3.45. The Bertz CT molecular complexity index is 377. The van der Waals surface area contributed by atoms with E-state index in [2.05, 4.69) is 43.2 Å². The van der Waals surface area contributed by atoms with Gasteiger partial charge in [0.15, 0.2) is 0 Å². The first kappa shape index (κ1) is 14.3. The molecule has 1 saturated carbocycles. The van der Waals surface area contributed by atoms with Gasteiger partial charge in [0.25, 0.3) is 0 Å². The van der Waals surface area contributed by atoms with Crippen LogP contribution in [0.15, 0.2) is 18.3 Å². The van der Waals surface area contributed by atoms with Gasteiger partial charge in [-0.1, -0.05) is 26.8 Å². The molecular formula is C16H26N2O. The van der Waals surface area contributed by atoms with E-state index in [1.54, 1.807) is 0 Å². The highest BCUT2D eigenvalue weighted by molar-refractivity contribution is 5.36. The summed E-state index contributed by atoms with van der Waals surface area (Å²) in [5.41, 5.74) is 1.44. The summed E-state index contributed by atoms with van der Waals surface area (Å²) in [6.45, 7) is 9.34. The molecule has 1 aromatic rings. The second-order valence-electron chi connectivity index (χ2n) is 6.48. The molecule has 1 aliphatic carbocycles. The van der Waals surface area contributed by atoms with Gasteiger partial charge in [-0.05, 0) is 42.2 Å². The van der Waals surface area contributed by atoms with Crippen molar-refractivity contribution in [2.75, 3.05) is 25.1 Å². The highest BCUT2D eigenvalue weighted by Crippen LogP contribution is 2.28. The average molecular weight is 262 g/mol. The first-order valence-electron chi connectivity index (χ1n) is 7.34. The van der Waals surface area contributed by atoms with Gasteiger partial charge in [0.2, 0.25) is 0 Å². The molecule has 0 aliphatic heterocycles. The molecule has 19 heavy (non-hydrogen) atoms. The summed E-state index contributed by atoms with van der Waals surface area (Å²) in [6.07, 6.45) is 5.73. The van der Waals surface area contributed by atoms with E-state index >= 15 is 0 Å². The van der Waals surface area contributed by atoms with Crippen LogP contribution in [0.2, 0.25) is 0 Å². The summed E-state index contributed by atoms with van der Waals surface area (Å²) in [4.78, 5) is 4.45. The Balaban J connectivity index is 1.62. The number of hydrogen-bond acceptors (Lipinski definition) is 3. The second-order valence-corrected chi connectivity index (χ2v) is 6.48. The van der Waals surface area contributed by atoms with Crippen LogP contribution in [0.3, 0.4) is 0 Å². The van der Waals surface area contributed by atoms with Gasteiger partial charge in [0.05, 0.1) is 0 Å². The van der Waals surface area contributed by atoms with Crippen molar-refractivity contribution < 1.29 is 4.74 Å². The number of ether oxygens (including phenoxy) is 1. The lowest BCUT2D eigenvalue weighted by atomic mass is 9.88. The van der Waals surface area contributed by atoms with E-state index in [0.717, 1.165) is 37.9 Å². The van der Waals surface area contributed by atoms with Crippen molar-refractivity contribution in [2.24, 2.45) is 5.92 Å². The normalized spacial score (nSPS) is 15.5. The van der Waals surface area contributed by atoms with Crippen LogP contribution < -0.4 is 5.32 Å². The number of aromatic nitrogens is 1. The number of pyridine rings is 1. The zero-order valence-electron chi connectivity index (χ0n) is 12.4.